The number of hydrogen-bond acceptors (Lipinski definition) is 6. The third kappa shape index (κ3) is 3.88. The van der Waals surface area contributed by atoms with Gasteiger partial charge in [0.25, 0.3) is 0 Å². The number of hydrogen-bond donors (Lipinski definition) is 1. The van der Waals surface area contributed by atoms with E-state index in [0.29, 0.717) is 4.90 Å². The highest BCUT2D eigenvalue weighted by atomic mass is 32.2. The van der Waals surface area contributed by atoms with Crippen molar-refractivity contribution in [1.29, 1.82) is 0 Å². The number of aromatic nitrogens is 1. The molecule has 5 rings (SSSR count). The molecule has 1 saturated heterocycles. The number of sulfonamides is 1. The number of thiophene rings is 1. The van der Waals surface area contributed by atoms with Crippen molar-refractivity contribution in [2.75, 3.05) is 19.6 Å². The fraction of sp³-hybridized carbons (Fsp3) is 0.318. The zero-order valence-electron chi connectivity index (χ0n) is 16.5. The van der Waals surface area contributed by atoms with Gasteiger partial charge in [0.05, 0.1) is 5.69 Å². The molecule has 1 aliphatic heterocycles. The highest BCUT2D eigenvalue weighted by Crippen LogP contribution is 2.29. The van der Waals surface area contributed by atoms with Gasteiger partial charge in [0.1, 0.15) is 4.90 Å². The summed E-state index contributed by atoms with van der Waals surface area (Å²) in [5.74, 6) is 0. The van der Waals surface area contributed by atoms with Crippen molar-refractivity contribution in [3.63, 3.8) is 0 Å². The van der Waals surface area contributed by atoms with Crippen LogP contribution in [0.3, 0.4) is 0 Å². The van der Waals surface area contributed by atoms with Crippen LogP contribution in [-0.4, -0.2) is 44.2 Å². The zero-order valence-corrected chi connectivity index (χ0v) is 18.1. The zero-order chi connectivity index (χ0) is 20.6. The van der Waals surface area contributed by atoms with E-state index in [2.05, 4.69) is 14.8 Å². The molecule has 1 atom stereocenters. The predicted molar refractivity (Wildman–Crippen MR) is 119 cm³/mol. The summed E-state index contributed by atoms with van der Waals surface area (Å²) in [5.41, 5.74) is 1.82. The average molecular weight is 442 g/mol. The van der Waals surface area contributed by atoms with Crippen molar-refractivity contribution in [2.45, 2.75) is 30.2 Å². The monoisotopic (exact) mass is 441 g/mol. The van der Waals surface area contributed by atoms with E-state index in [9.17, 15) is 8.42 Å². The molecule has 30 heavy (non-hydrogen) atoms. The molecule has 1 N–H and O–H groups in total. The van der Waals surface area contributed by atoms with Crippen molar-refractivity contribution < 1.29 is 12.9 Å². The van der Waals surface area contributed by atoms with Crippen molar-refractivity contribution in [3.8, 4) is 0 Å². The van der Waals surface area contributed by atoms with Gasteiger partial charge in [-0.3, -0.25) is 0 Å². The minimum absolute atomic E-state index is 0.0541. The molecular weight excluding hydrogens is 418 g/mol. The lowest BCUT2D eigenvalue weighted by molar-refractivity contribution is 0.326. The van der Waals surface area contributed by atoms with E-state index in [1.807, 2.05) is 48.5 Å². The largest absolute Gasteiger partial charge is 0.356 e. The summed E-state index contributed by atoms with van der Waals surface area (Å²) in [7, 11) is -3.52. The van der Waals surface area contributed by atoms with Crippen molar-refractivity contribution in [1.82, 2.24) is 14.8 Å². The molecule has 0 amide bonds. The molecule has 0 saturated carbocycles. The second-order valence-electron chi connectivity index (χ2n) is 7.73. The van der Waals surface area contributed by atoms with Gasteiger partial charge in [0, 0.05) is 33.4 Å². The first-order valence-electron chi connectivity index (χ1n) is 10.1. The van der Waals surface area contributed by atoms with Crippen molar-refractivity contribution in [2.24, 2.45) is 0 Å². The van der Waals surface area contributed by atoms with Crippen LogP contribution >= 0.6 is 11.3 Å². The number of likely N-dealkylation sites (tertiary alicyclic amines) is 1. The molecule has 0 radical (unpaired) electrons. The lowest BCUT2D eigenvalue weighted by Gasteiger charge is -2.16. The summed E-state index contributed by atoms with van der Waals surface area (Å²) < 4.78 is 35.1. The summed E-state index contributed by atoms with van der Waals surface area (Å²) in [6, 6.07) is 15.5. The number of benzene rings is 2. The number of aryl methyl sites for hydroxylation is 1. The van der Waals surface area contributed by atoms with Gasteiger partial charge in [0.15, 0.2) is 5.58 Å². The molecule has 6 nitrogen and oxygen atoms in total. The number of nitrogens with zero attached hydrogens (tertiary/aromatic N) is 2. The molecular formula is C22H23N3O3S2. The Morgan fingerprint density at radius 3 is 2.83 bits per heavy atom. The van der Waals surface area contributed by atoms with Crippen LogP contribution in [0.4, 0.5) is 0 Å². The Bertz CT molecular complexity index is 1280. The van der Waals surface area contributed by atoms with E-state index < -0.39 is 10.0 Å². The fourth-order valence-corrected chi connectivity index (χ4v) is 6.93. The van der Waals surface area contributed by atoms with Crippen LogP contribution in [0.2, 0.25) is 0 Å². The Morgan fingerprint density at radius 1 is 1.13 bits per heavy atom. The lowest BCUT2D eigenvalue weighted by Crippen LogP contribution is -2.37. The summed E-state index contributed by atoms with van der Waals surface area (Å²) in [4.78, 5) is 2.71. The highest BCUT2D eigenvalue weighted by molar-refractivity contribution is 7.90. The maximum atomic E-state index is 12.9. The lowest BCUT2D eigenvalue weighted by atomic mass is 10.1. The SMILES string of the molecule is O=S(=O)(N[C@H]1CCN(CCCc2noc3ccccc23)C1)c1csc2ccccc12. The van der Waals surface area contributed by atoms with Gasteiger partial charge in [0.2, 0.25) is 10.0 Å². The molecule has 3 heterocycles. The molecule has 1 aliphatic rings. The first-order chi connectivity index (χ1) is 14.6. The number of rotatable bonds is 7. The predicted octanol–water partition coefficient (Wildman–Crippen LogP) is 4.03. The number of fused-ring (bicyclic) bond motifs is 2. The van der Waals surface area contributed by atoms with Crippen molar-refractivity contribution in [3.05, 3.63) is 59.6 Å². The number of para-hydroxylation sites is 1. The quantitative estimate of drug-likeness (QED) is 0.469. The van der Waals surface area contributed by atoms with E-state index in [0.717, 1.165) is 65.6 Å². The molecule has 0 bridgehead atoms. The number of nitrogens with one attached hydrogen (secondary N) is 1. The molecule has 2 aromatic heterocycles. The normalized spacial score (nSPS) is 17.9. The molecule has 2 aromatic carbocycles. The van der Waals surface area contributed by atoms with Crippen LogP contribution < -0.4 is 4.72 Å². The molecule has 0 spiro atoms. The summed E-state index contributed by atoms with van der Waals surface area (Å²) >= 11 is 1.47. The van der Waals surface area contributed by atoms with E-state index in [1.54, 1.807) is 5.38 Å². The Balaban J connectivity index is 1.17. The van der Waals surface area contributed by atoms with E-state index in [4.69, 9.17) is 4.52 Å². The molecule has 0 aliphatic carbocycles. The van der Waals surface area contributed by atoms with E-state index in [-0.39, 0.29) is 6.04 Å². The van der Waals surface area contributed by atoms with Crippen LogP contribution in [0.1, 0.15) is 18.5 Å². The molecule has 8 heteroatoms. The van der Waals surface area contributed by atoms with Crippen molar-refractivity contribution >= 4 is 42.4 Å². The van der Waals surface area contributed by atoms with Crippen LogP contribution in [0.5, 0.6) is 0 Å². The average Bonchev–Trinajstić information content (AvgIpc) is 3.46. The first kappa shape index (κ1) is 19.7. The van der Waals surface area contributed by atoms with E-state index >= 15 is 0 Å². The molecule has 1 fully saturated rings. The summed E-state index contributed by atoms with van der Waals surface area (Å²) in [6.45, 7) is 2.55. The molecule has 0 unspecified atom stereocenters. The van der Waals surface area contributed by atoms with Gasteiger partial charge >= 0.3 is 0 Å². The summed E-state index contributed by atoms with van der Waals surface area (Å²) in [6.07, 6.45) is 2.64. The smallest absolute Gasteiger partial charge is 0.242 e. The Kier molecular flexibility index (Phi) is 5.32. The van der Waals surface area contributed by atoms with Gasteiger partial charge in [-0.05, 0) is 50.6 Å². The highest BCUT2D eigenvalue weighted by Gasteiger charge is 2.28. The first-order valence-corrected chi connectivity index (χ1v) is 12.5. The van der Waals surface area contributed by atoms with Crippen LogP contribution in [-0.2, 0) is 16.4 Å². The Hall–Kier alpha value is -2.26. The van der Waals surface area contributed by atoms with Crippen LogP contribution in [0.15, 0.2) is 63.3 Å². The minimum atomic E-state index is -3.52. The topological polar surface area (TPSA) is 75.4 Å². The standard InChI is InChI=1S/C22H23N3O3S2/c26-30(27,22-15-29-21-10-4-2-7-18(21)22)24-16-11-13-25(14-16)12-5-8-19-17-6-1-3-9-20(17)28-23-19/h1-4,6-7,9-10,15-16,24H,5,8,11-14H2/t16-/m0/s1. The third-order valence-corrected chi connectivity index (χ3v) is 8.34. The second kappa shape index (κ2) is 8.11. The molecule has 156 valence electrons. The Morgan fingerprint density at radius 2 is 1.93 bits per heavy atom. The second-order valence-corrected chi connectivity index (χ2v) is 10.3. The van der Waals surface area contributed by atoms with Crippen LogP contribution in [0.25, 0.3) is 21.1 Å². The van der Waals surface area contributed by atoms with Gasteiger partial charge in [-0.15, -0.1) is 11.3 Å². The fourth-order valence-electron chi connectivity index (χ4n) is 4.16. The van der Waals surface area contributed by atoms with Gasteiger partial charge in [-0.25, -0.2) is 13.1 Å². The maximum absolute atomic E-state index is 12.9. The van der Waals surface area contributed by atoms with Gasteiger partial charge in [-0.2, -0.15) is 0 Å². The maximum Gasteiger partial charge on any atom is 0.242 e. The van der Waals surface area contributed by atoms with Crippen LogP contribution in [0, 0.1) is 0 Å². The van der Waals surface area contributed by atoms with Gasteiger partial charge in [-0.1, -0.05) is 35.5 Å². The van der Waals surface area contributed by atoms with Gasteiger partial charge < -0.3 is 9.42 Å². The Labute approximate surface area is 179 Å². The third-order valence-electron chi connectivity index (χ3n) is 5.67. The van der Waals surface area contributed by atoms with E-state index in [1.165, 1.54) is 11.3 Å². The minimum Gasteiger partial charge on any atom is -0.356 e. The molecule has 4 aromatic rings. The summed E-state index contributed by atoms with van der Waals surface area (Å²) in [5, 5.41) is 7.80.